The van der Waals surface area contributed by atoms with Gasteiger partial charge in [-0.3, -0.25) is 14.0 Å². The third-order valence-electron chi connectivity index (χ3n) is 6.69. The van der Waals surface area contributed by atoms with Crippen LogP contribution in [-0.4, -0.2) is 68.8 Å². The van der Waals surface area contributed by atoms with Crippen molar-refractivity contribution in [1.82, 2.24) is 19.2 Å². The van der Waals surface area contributed by atoms with Crippen LogP contribution in [0.15, 0.2) is 54.2 Å². The molecule has 1 aromatic carbocycles. The molecule has 4 rings (SSSR count). The van der Waals surface area contributed by atoms with Gasteiger partial charge in [-0.15, -0.1) is 0 Å². The number of pyridine rings is 1. The Kier molecular flexibility index (Phi) is 7.74. The summed E-state index contributed by atoms with van der Waals surface area (Å²) in [6.07, 6.45) is 2.68. The van der Waals surface area contributed by atoms with E-state index in [0.717, 1.165) is 30.8 Å². The summed E-state index contributed by atoms with van der Waals surface area (Å²) < 4.78 is 7.46. The summed E-state index contributed by atoms with van der Waals surface area (Å²) in [7, 11) is 0. The maximum Gasteiger partial charge on any atom is 0.295 e. The number of likely N-dealkylation sites (tertiary alicyclic amines) is 1. The Labute approximate surface area is 211 Å². The molecule has 8 heteroatoms. The number of rotatable bonds is 10. The molecule has 1 aliphatic rings. The van der Waals surface area contributed by atoms with Crippen molar-refractivity contribution in [2.24, 2.45) is 0 Å². The van der Waals surface area contributed by atoms with E-state index in [2.05, 4.69) is 23.7 Å². The average Bonchev–Trinajstić information content (AvgIpc) is 3.36. The van der Waals surface area contributed by atoms with Crippen LogP contribution < -0.4 is 4.74 Å². The number of ether oxygens (including phenoxy) is 1. The minimum atomic E-state index is -0.713. The fourth-order valence-electron chi connectivity index (χ4n) is 4.74. The molecule has 8 nitrogen and oxygen atoms in total. The van der Waals surface area contributed by atoms with Crippen molar-refractivity contribution < 1.29 is 19.4 Å². The Balaban J connectivity index is 1.83. The number of Topliss-reactive ketones (excluding diaryl/α,β-unsaturated/α-hetero) is 1. The molecule has 0 aliphatic carbocycles. The minimum absolute atomic E-state index is 0.0792. The number of carbonyl (C=O) groups excluding carboxylic acids is 2. The highest BCUT2D eigenvalue weighted by molar-refractivity contribution is 6.46. The van der Waals surface area contributed by atoms with Crippen LogP contribution in [0.4, 0.5) is 0 Å². The first kappa shape index (κ1) is 25.4. The number of aliphatic hydroxyl groups is 1. The van der Waals surface area contributed by atoms with Crippen LogP contribution in [-0.2, 0) is 9.59 Å². The molecule has 0 radical (unpaired) electrons. The fourth-order valence-corrected chi connectivity index (χ4v) is 4.74. The fraction of sp³-hybridized carbons (Fsp3) is 0.393. The van der Waals surface area contributed by atoms with Crippen molar-refractivity contribution >= 4 is 23.1 Å². The number of amides is 1. The molecule has 2 aromatic heterocycles. The Morgan fingerprint density at radius 2 is 1.81 bits per heavy atom. The van der Waals surface area contributed by atoms with Crippen LogP contribution in [0.25, 0.3) is 11.4 Å². The van der Waals surface area contributed by atoms with Gasteiger partial charge in [0.15, 0.2) is 5.76 Å². The van der Waals surface area contributed by atoms with Gasteiger partial charge in [-0.2, -0.15) is 0 Å². The lowest BCUT2D eigenvalue weighted by atomic mass is 9.96. The second-order valence-electron chi connectivity index (χ2n) is 8.91. The van der Waals surface area contributed by atoms with Gasteiger partial charge in [-0.25, -0.2) is 4.98 Å². The van der Waals surface area contributed by atoms with E-state index in [4.69, 9.17) is 4.74 Å². The monoisotopic (exact) mass is 490 g/mol. The zero-order valence-electron chi connectivity index (χ0n) is 21.4. The number of hydrogen-bond donors (Lipinski definition) is 1. The Morgan fingerprint density at radius 1 is 1.08 bits per heavy atom. The van der Waals surface area contributed by atoms with E-state index in [1.54, 1.807) is 22.4 Å². The largest absolute Gasteiger partial charge is 0.505 e. The zero-order valence-corrected chi connectivity index (χ0v) is 21.4. The summed E-state index contributed by atoms with van der Waals surface area (Å²) in [5, 5.41) is 11.6. The molecular weight excluding hydrogens is 456 g/mol. The molecule has 0 saturated carbocycles. The van der Waals surface area contributed by atoms with E-state index >= 15 is 0 Å². The third-order valence-corrected chi connectivity index (χ3v) is 6.69. The van der Waals surface area contributed by atoms with Gasteiger partial charge in [0.1, 0.15) is 17.1 Å². The Bertz CT molecular complexity index is 1270. The van der Waals surface area contributed by atoms with Crippen molar-refractivity contribution in [3.8, 4) is 5.75 Å². The lowest BCUT2D eigenvalue weighted by Crippen LogP contribution is -2.38. The normalized spacial score (nSPS) is 17.5. The van der Waals surface area contributed by atoms with E-state index in [1.165, 1.54) is 0 Å². The molecule has 1 N–H and O–H groups in total. The number of likely N-dealkylation sites (N-methyl/N-ethyl adjacent to an activating group) is 1. The van der Waals surface area contributed by atoms with Gasteiger partial charge in [-0.1, -0.05) is 39.0 Å². The molecule has 3 heterocycles. The van der Waals surface area contributed by atoms with Crippen LogP contribution >= 0.6 is 0 Å². The number of aromatic nitrogens is 2. The van der Waals surface area contributed by atoms with Crippen molar-refractivity contribution in [3.05, 3.63) is 71.2 Å². The van der Waals surface area contributed by atoms with Gasteiger partial charge >= 0.3 is 0 Å². The molecular formula is C28H34N4O4. The maximum absolute atomic E-state index is 13.4. The lowest BCUT2D eigenvalue weighted by Gasteiger charge is -2.28. The van der Waals surface area contributed by atoms with Gasteiger partial charge in [0.05, 0.1) is 23.9 Å². The van der Waals surface area contributed by atoms with Crippen molar-refractivity contribution in [3.63, 3.8) is 0 Å². The van der Waals surface area contributed by atoms with E-state index < -0.39 is 17.7 Å². The summed E-state index contributed by atoms with van der Waals surface area (Å²) in [5.41, 5.74) is 2.47. The van der Waals surface area contributed by atoms with E-state index in [1.807, 2.05) is 49.4 Å². The minimum Gasteiger partial charge on any atom is -0.505 e. The Morgan fingerprint density at radius 3 is 2.47 bits per heavy atom. The van der Waals surface area contributed by atoms with Gasteiger partial charge < -0.3 is 19.6 Å². The SMILES string of the molecule is CCCOc1ccc(C2/C(=C(\O)c3c(C)nc4ccccn34)C(=O)C(=O)N2CCN(CC)CC)cc1. The summed E-state index contributed by atoms with van der Waals surface area (Å²) in [6.45, 7) is 11.2. The summed E-state index contributed by atoms with van der Waals surface area (Å²) in [5.74, 6) is -0.787. The molecule has 1 fully saturated rings. The third kappa shape index (κ3) is 4.73. The molecule has 1 atom stereocenters. The van der Waals surface area contributed by atoms with Gasteiger partial charge in [0, 0.05) is 19.3 Å². The number of aryl methyl sites for hydroxylation is 1. The number of hydrogen-bond acceptors (Lipinski definition) is 6. The van der Waals surface area contributed by atoms with Gasteiger partial charge in [0.25, 0.3) is 11.7 Å². The molecule has 36 heavy (non-hydrogen) atoms. The van der Waals surface area contributed by atoms with Crippen molar-refractivity contribution in [2.45, 2.75) is 40.2 Å². The number of benzene rings is 1. The van der Waals surface area contributed by atoms with E-state index in [-0.39, 0.29) is 11.3 Å². The molecule has 0 spiro atoms. The summed E-state index contributed by atoms with van der Waals surface area (Å²) in [6, 6.07) is 12.2. The summed E-state index contributed by atoms with van der Waals surface area (Å²) in [4.78, 5) is 35.0. The number of nitrogens with zero attached hydrogens (tertiary/aromatic N) is 4. The van der Waals surface area contributed by atoms with Gasteiger partial charge in [0.2, 0.25) is 0 Å². The molecule has 1 unspecified atom stereocenters. The highest BCUT2D eigenvalue weighted by Crippen LogP contribution is 2.40. The summed E-state index contributed by atoms with van der Waals surface area (Å²) >= 11 is 0. The second kappa shape index (κ2) is 11.0. The number of fused-ring (bicyclic) bond motifs is 1. The van der Waals surface area contributed by atoms with Crippen LogP contribution in [0, 0.1) is 6.92 Å². The Hall–Kier alpha value is -3.65. The highest BCUT2D eigenvalue weighted by Gasteiger charge is 2.46. The smallest absolute Gasteiger partial charge is 0.295 e. The highest BCUT2D eigenvalue weighted by atomic mass is 16.5. The predicted octanol–water partition coefficient (Wildman–Crippen LogP) is 4.20. The molecule has 3 aromatic rings. The first-order chi connectivity index (χ1) is 17.4. The molecule has 190 valence electrons. The molecule has 1 amide bonds. The van der Waals surface area contributed by atoms with Crippen LogP contribution in [0.5, 0.6) is 5.75 Å². The van der Waals surface area contributed by atoms with E-state index in [9.17, 15) is 14.7 Å². The number of carbonyl (C=O) groups is 2. The second-order valence-corrected chi connectivity index (χ2v) is 8.91. The zero-order chi connectivity index (χ0) is 25.8. The lowest BCUT2D eigenvalue weighted by molar-refractivity contribution is -0.140. The molecule has 1 aliphatic heterocycles. The van der Waals surface area contributed by atoms with E-state index in [0.29, 0.717) is 36.7 Å². The molecule has 0 bridgehead atoms. The van der Waals surface area contributed by atoms with Crippen molar-refractivity contribution in [2.75, 3.05) is 32.8 Å². The maximum atomic E-state index is 13.4. The van der Waals surface area contributed by atoms with Gasteiger partial charge in [-0.05, 0) is 56.3 Å². The topological polar surface area (TPSA) is 87.4 Å². The first-order valence-corrected chi connectivity index (χ1v) is 12.6. The predicted molar refractivity (Wildman–Crippen MR) is 139 cm³/mol. The number of imidazole rings is 1. The number of aliphatic hydroxyl groups excluding tert-OH is 1. The van der Waals surface area contributed by atoms with Crippen LogP contribution in [0.3, 0.4) is 0 Å². The molecule has 1 saturated heterocycles. The van der Waals surface area contributed by atoms with Crippen LogP contribution in [0.2, 0.25) is 0 Å². The van der Waals surface area contributed by atoms with Crippen molar-refractivity contribution in [1.29, 1.82) is 0 Å². The number of ketones is 1. The first-order valence-electron chi connectivity index (χ1n) is 12.6. The average molecular weight is 491 g/mol. The standard InChI is InChI=1S/C28H34N4O4/c1-5-18-36-21-13-11-20(12-14-21)25-23(27(34)28(35)32(25)17-16-30(6-2)7-3)26(33)24-19(4)29-22-10-8-9-15-31(22)24/h8-15,25,33H,5-7,16-18H2,1-4H3/b26-23+. The quantitative estimate of drug-likeness (QED) is 0.260. The van der Waals surface area contributed by atoms with Crippen LogP contribution in [0.1, 0.15) is 50.2 Å².